The first kappa shape index (κ1) is 17.4. The summed E-state index contributed by atoms with van der Waals surface area (Å²) in [5.74, 6) is -0.748. The maximum absolute atomic E-state index is 12.9. The van der Waals surface area contributed by atoms with Crippen molar-refractivity contribution in [1.82, 2.24) is 5.32 Å². The highest BCUT2D eigenvalue weighted by Gasteiger charge is 2.12. The number of amides is 2. The number of carbonyl (C=O) groups is 2. The number of furan rings is 1. The van der Waals surface area contributed by atoms with E-state index < -0.39 is 5.82 Å². The zero-order valence-corrected chi connectivity index (χ0v) is 14.1. The van der Waals surface area contributed by atoms with Crippen molar-refractivity contribution in [2.75, 3.05) is 5.32 Å². The van der Waals surface area contributed by atoms with Gasteiger partial charge in [-0.1, -0.05) is 12.1 Å². The van der Waals surface area contributed by atoms with Gasteiger partial charge in [-0.25, -0.2) is 4.39 Å². The molecule has 1 heterocycles. The SMILES string of the molecule is Cc1ccoc1C(=O)NCc1cccc(NC(=O)c2ccc(F)cc2)c1. The smallest absolute Gasteiger partial charge is 0.287 e. The third kappa shape index (κ3) is 4.16. The summed E-state index contributed by atoms with van der Waals surface area (Å²) in [5.41, 5.74) is 2.53. The lowest BCUT2D eigenvalue weighted by molar-refractivity contribution is 0.0921. The molecule has 0 atom stereocenters. The van der Waals surface area contributed by atoms with E-state index in [0.29, 0.717) is 17.8 Å². The van der Waals surface area contributed by atoms with Crippen LogP contribution in [0, 0.1) is 12.7 Å². The summed E-state index contributed by atoms with van der Waals surface area (Å²) in [6, 6.07) is 14.1. The molecule has 6 heteroatoms. The van der Waals surface area contributed by atoms with Crippen molar-refractivity contribution in [3.8, 4) is 0 Å². The summed E-state index contributed by atoms with van der Waals surface area (Å²) in [7, 11) is 0. The maximum Gasteiger partial charge on any atom is 0.287 e. The second-order valence-electron chi connectivity index (χ2n) is 5.78. The quantitative estimate of drug-likeness (QED) is 0.731. The molecule has 3 aromatic rings. The Balaban J connectivity index is 1.63. The number of carbonyl (C=O) groups excluding carboxylic acids is 2. The van der Waals surface area contributed by atoms with Gasteiger partial charge in [-0.2, -0.15) is 0 Å². The van der Waals surface area contributed by atoms with E-state index in [0.717, 1.165) is 11.1 Å². The van der Waals surface area contributed by atoms with Gasteiger partial charge in [0.25, 0.3) is 11.8 Å². The second-order valence-corrected chi connectivity index (χ2v) is 5.78. The van der Waals surface area contributed by atoms with Gasteiger partial charge in [-0.05, 0) is 55.0 Å². The Morgan fingerprint density at radius 1 is 1.04 bits per heavy atom. The molecule has 0 bridgehead atoms. The first-order chi connectivity index (χ1) is 12.5. The lowest BCUT2D eigenvalue weighted by atomic mass is 10.1. The normalized spacial score (nSPS) is 10.4. The predicted octanol–water partition coefficient (Wildman–Crippen LogP) is 3.91. The third-order valence-corrected chi connectivity index (χ3v) is 3.81. The lowest BCUT2D eigenvalue weighted by Gasteiger charge is -2.08. The molecule has 1 aromatic heterocycles. The molecular weight excluding hydrogens is 335 g/mol. The standard InChI is InChI=1S/C20H17FN2O3/c1-13-9-10-26-18(13)20(25)22-12-14-3-2-4-17(11-14)23-19(24)15-5-7-16(21)8-6-15/h2-11H,12H2,1H3,(H,22,25)(H,23,24). The van der Waals surface area contributed by atoms with E-state index in [4.69, 9.17) is 4.42 Å². The maximum atomic E-state index is 12.9. The van der Waals surface area contributed by atoms with E-state index in [1.807, 2.05) is 6.07 Å². The molecule has 2 amide bonds. The molecule has 0 aliphatic rings. The first-order valence-electron chi connectivity index (χ1n) is 8.01. The van der Waals surface area contributed by atoms with Gasteiger partial charge in [-0.15, -0.1) is 0 Å². The predicted molar refractivity (Wildman–Crippen MR) is 95.4 cm³/mol. The molecular formula is C20H17FN2O3. The molecule has 132 valence electrons. The van der Waals surface area contributed by atoms with Crippen molar-refractivity contribution in [3.05, 3.63) is 89.1 Å². The fraction of sp³-hybridized carbons (Fsp3) is 0.100. The van der Waals surface area contributed by atoms with Gasteiger partial charge >= 0.3 is 0 Å². The Hall–Kier alpha value is -3.41. The van der Waals surface area contributed by atoms with Crippen LogP contribution in [0.15, 0.2) is 65.3 Å². The van der Waals surface area contributed by atoms with Crippen LogP contribution in [-0.4, -0.2) is 11.8 Å². The number of halogens is 1. The van der Waals surface area contributed by atoms with Gasteiger partial charge in [0.05, 0.1) is 6.26 Å². The number of benzene rings is 2. The number of nitrogens with one attached hydrogen (secondary N) is 2. The number of anilines is 1. The van der Waals surface area contributed by atoms with Crippen LogP contribution < -0.4 is 10.6 Å². The molecule has 0 unspecified atom stereocenters. The zero-order chi connectivity index (χ0) is 18.5. The van der Waals surface area contributed by atoms with Crippen LogP contribution in [0.3, 0.4) is 0 Å². The van der Waals surface area contributed by atoms with E-state index in [9.17, 15) is 14.0 Å². The van der Waals surface area contributed by atoms with Crippen LogP contribution >= 0.6 is 0 Å². The highest BCUT2D eigenvalue weighted by atomic mass is 19.1. The minimum absolute atomic E-state index is 0.283. The van der Waals surface area contributed by atoms with Crippen LogP contribution in [0.4, 0.5) is 10.1 Å². The van der Waals surface area contributed by atoms with E-state index in [2.05, 4.69) is 10.6 Å². The molecule has 0 saturated heterocycles. The third-order valence-electron chi connectivity index (χ3n) is 3.81. The first-order valence-corrected chi connectivity index (χ1v) is 8.01. The molecule has 0 aliphatic heterocycles. The van der Waals surface area contributed by atoms with Crippen LogP contribution in [0.25, 0.3) is 0 Å². The van der Waals surface area contributed by atoms with Crippen molar-refractivity contribution in [1.29, 1.82) is 0 Å². The Kier molecular flexibility index (Phi) is 5.12. The molecule has 0 fully saturated rings. The minimum atomic E-state index is -0.397. The van der Waals surface area contributed by atoms with Crippen molar-refractivity contribution >= 4 is 17.5 Å². The number of aryl methyl sites for hydroxylation is 1. The molecule has 0 spiro atoms. The fourth-order valence-corrected chi connectivity index (χ4v) is 2.43. The lowest BCUT2D eigenvalue weighted by Crippen LogP contribution is -2.23. The van der Waals surface area contributed by atoms with Crippen LogP contribution in [-0.2, 0) is 6.54 Å². The van der Waals surface area contributed by atoms with Crippen molar-refractivity contribution in [2.45, 2.75) is 13.5 Å². The van der Waals surface area contributed by atoms with Crippen LogP contribution in [0.1, 0.15) is 32.0 Å². The van der Waals surface area contributed by atoms with Crippen molar-refractivity contribution in [3.63, 3.8) is 0 Å². The van der Waals surface area contributed by atoms with E-state index in [1.165, 1.54) is 30.5 Å². The van der Waals surface area contributed by atoms with Gasteiger partial charge in [0.15, 0.2) is 5.76 Å². The monoisotopic (exact) mass is 352 g/mol. The van der Waals surface area contributed by atoms with Crippen LogP contribution in [0.2, 0.25) is 0 Å². The second kappa shape index (κ2) is 7.65. The van der Waals surface area contributed by atoms with E-state index >= 15 is 0 Å². The van der Waals surface area contributed by atoms with Crippen molar-refractivity contribution in [2.24, 2.45) is 0 Å². The summed E-state index contributed by atoms with van der Waals surface area (Å²) in [5, 5.41) is 5.52. The summed E-state index contributed by atoms with van der Waals surface area (Å²) < 4.78 is 18.1. The van der Waals surface area contributed by atoms with Gasteiger partial charge < -0.3 is 15.1 Å². The van der Waals surface area contributed by atoms with E-state index in [-0.39, 0.29) is 17.6 Å². The summed E-state index contributed by atoms with van der Waals surface area (Å²) >= 11 is 0. The molecule has 26 heavy (non-hydrogen) atoms. The largest absolute Gasteiger partial charge is 0.459 e. The molecule has 0 saturated carbocycles. The topological polar surface area (TPSA) is 71.3 Å². The van der Waals surface area contributed by atoms with Gasteiger partial charge in [0, 0.05) is 23.4 Å². The Bertz CT molecular complexity index is 932. The molecule has 3 rings (SSSR count). The average Bonchev–Trinajstić information content (AvgIpc) is 3.06. The highest BCUT2D eigenvalue weighted by molar-refractivity contribution is 6.04. The molecule has 2 aromatic carbocycles. The highest BCUT2D eigenvalue weighted by Crippen LogP contribution is 2.14. The molecule has 0 radical (unpaired) electrons. The number of hydrogen-bond acceptors (Lipinski definition) is 3. The Labute approximate surface area is 149 Å². The molecule has 2 N–H and O–H groups in total. The number of hydrogen-bond donors (Lipinski definition) is 2. The summed E-state index contributed by atoms with van der Waals surface area (Å²) in [6.07, 6.45) is 1.47. The summed E-state index contributed by atoms with van der Waals surface area (Å²) in [4.78, 5) is 24.2. The Morgan fingerprint density at radius 2 is 1.81 bits per heavy atom. The van der Waals surface area contributed by atoms with Gasteiger partial charge in [-0.3, -0.25) is 9.59 Å². The Morgan fingerprint density at radius 3 is 2.50 bits per heavy atom. The minimum Gasteiger partial charge on any atom is -0.459 e. The molecule has 0 aliphatic carbocycles. The fourth-order valence-electron chi connectivity index (χ4n) is 2.43. The van der Waals surface area contributed by atoms with E-state index in [1.54, 1.807) is 31.2 Å². The summed E-state index contributed by atoms with van der Waals surface area (Å²) in [6.45, 7) is 2.09. The van der Waals surface area contributed by atoms with Crippen molar-refractivity contribution < 1.29 is 18.4 Å². The van der Waals surface area contributed by atoms with Gasteiger partial charge in [0.2, 0.25) is 0 Å². The van der Waals surface area contributed by atoms with Gasteiger partial charge in [0.1, 0.15) is 5.82 Å². The molecule has 5 nitrogen and oxygen atoms in total. The zero-order valence-electron chi connectivity index (χ0n) is 14.1. The number of rotatable bonds is 5. The van der Waals surface area contributed by atoms with Crippen LogP contribution in [0.5, 0.6) is 0 Å². The average molecular weight is 352 g/mol.